The molecule has 0 spiro atoms. The molecule has 2 amide bonds. The number of rotatable bonds is 8. The molecule has 2 aromatic rings. The van der Waals surface area contributed by atoms with Gasteiger partial charge in [0.05, 0.1) is 5.75 Å². The molecular formula is C23H27Cl3N2O2S. The Labute approximate surface area is 203 Å². The molecule has 2 aromatic carbocycles. The highest BCUT2D eigenvalue weighted by molar-refractivity contribution is 7.99. The first-order valence-corrected chi connectivity index (χ1v) is 12.1. The number of nitrogens with zero attached hydrogens (tertiary/aromatic N) is 1. The molecule has 0 aromatic heterocycles. The summed E-state index contributed by atoms with van der Waals surface area (Å²) in [4.78, 5) is 27.5. The van der Waals surface area contributed by atoms with E-state index in [1.54, 1.807) is 30.0 Å². The summed E-state index contributed by atoms with van der Waals surface area (Å²) in [5.41, 5.74) is 1.41. The van der Waals surface area contributed by atoms with E-state index in [2.05, 4.69) is 5.32 Å². The summed E-state index contributed by atoms with van der Waals surface area (Å²) in [7, 11) is 0. The van der Waals surface area contributed by atoms with Crippen molar-refractivity contribution < 1.29 is 9.59 Å². The molecule has 8 heteroatoms. The lowest BCUT2D eigenvalue weighted by Crippen LogP contribution is -2.52. The number of hydrogen-bond donors (Lipinski definition) is 1. The highest BCUT2D eigenvalue weighted by atomic mass is 35.5. The molecule has 0 fully saturated rings. The van der Waals surface area contributed by atoms with Crippen molar-refractivity contribution in [2.75, 3.05) is 5.75 Å². The minimum absolute atomic E-state index is 0.137. The first-order chi connectivity index (χ1) is 14.5. The van der Waals surface area contributed by atoms with Gasteiger partial charge in [-0.1, -0.05) is 53.0 Å². The lowest BCUT2D eigenvalue weighted by Gasteiger charge is -2.31. The largest absolute Gasteiger partial charge is 0.350 e. The van der Waals surface area contributed by atoms with E-state index in [0.717, 1.165) is 11.1 Å². The van der Waals surface area contributed by atoms with Crippen molar-refractivity contribution in [1.82, 2.24) is 10.2 Å². The lowest BCUT2D eigenvalue weighted by atomic mass is 10.1. The molecule has 1 atom stereocenters. The Morgan fingerprint density at radius 3 is 2.23 bits per heavy atom. The quantitative estimate of drug-likeness (QED) is 0.468. The van der Waals surface area contributed by atoms with Gasteiger partial charge in [0.15, 0.2) is 0 Å². The number of thioether (sulfide) groups is 1. The SMILES string of the molecule is C[C@H](C(=O)NC(C)(C)C)N(Cc1ccc(Cl)cc1Cl)C(=O)CSCc1ccc(Cl)cc1. The molecule has 0 radical (unpaired) electrons. The summed E-state index contributed by atoms with van der Waals surface area (Å²) in [5.74, 6) is 0.553. The smallest absolute Gasteiger partial charge is 0.242 e. The second kappa shape index (κ2) is 11.5. The fraction of sp³-hybridized carbons (Fsp3) is 0.391. The average molecular weight is 502 g/mol. The number of hydrogen-bond acceptors (Lipinski definition) is 3. The van der Waals surface area contributed by atoms with Crippen LogP contribution in [0.25, 0.3) is 0 Å². The fourth-order valence-electron chi connectivity index (χ4n) is 2.81. The standard InChI is InChI=1S/C23H27Cl3N2O2S/c1-15(22(30)27-23(2,3)4)28(12-17-7-10-19(25)11-20(17)26)21(29)14-31-13-16-5-8-18(24)9-6-16/h5-11,15H,12-14H2,1-4H3,(H,27,30)/t15-/m1/s1. The molecule has 0 saturated heterocycles. The van der Waals surface area contributed by atoms with Gasteiger partial charge in [-0.3, -0.25) is 9.59 Å². The Hall–Kier alpha value is -1.40. The van der Waals surface area contributed by atoms with E-state index in [9.17, 15) is 9.59 Å². The highest BCUT2D eigenvalue weighted by Crippen LogP contribution is 2.24. The summed E-state index contributed by atoms with van der Waals surface area (Å²) < 4.78 is 0. The third-order valence-electron chi connectivity index (χ3n) is 4.43. The van der Waals surface area contributed by atoms with Gasteiger partial charge in [0, 0.05) is 32.9 Å². The molecule has 0 heterocycles. The van der Waals surface area contributed by atoms with Crippen LogP contribution in [-0.2, 0) is 21.9 Å². The molecule has 0 aliphatic heterocycles. The molecule has 4 nitrogen and oxygen atoms in total. The van der Waals surface area contributed by atoms with E-state index in [1.165, 1.54) is 11.8 Å². The van der Waals surface area contributed by atoms with Crippen LogP contribution in [0.3, 0.4) is 0 Å². The molecule has 1 N–H and O–H groups in total. The number of halogens is 3. The van der Waals surface area contributed by atoms with Gasteiger partial charge < -0.3 is 10.2 Å². The van der Waals surface area contributed by atoms with Crippen LogP contribution in [0.15, 0.2) is 42.5 Å². The van der Waals surface area contributed by atoms with Crippen LogP contribution >= 0.6 is 46.6 Å². The van der Waals surface area contributed by atoms with Gasteiger partial charge in [0.1, 0.15) is 6.04 Å². The van der Waals surface area contributed by atoms with E-state index in [1.807, 2.05) is 45.0 Å². The molecule has 0 bridgehead atoms. The highest BCUT2D eigenvalue weighted by Gasteiger charge is 2.28. The maximum Gasteiger partial charge on any atom is 0.242 e. The van der Waals surface area contributed by atoms with Crippen LogP contribution in [0.5, 0.6) is 0 Å². The summed E-state index contributed by atoms with van der Waals surface area (Å²) >= 11 is 19.7. The van der Waals surface area contributed by atoms with Crippen LogP contribution in [0.4, 0.5) is 0 Å². The van der Waals surface area contributed by atoms with Gasteiger partial charge >= 0.3 is 0 Å². The van der Waals surface area contributed by atoms with Gasteiger partial charge in [-0.15, -0.1) is 11.8 Å². The fourth-order valence-corrected chi connectivity index (χ4v) is 4.27. The van der Waals surface area contributed by atoms with E-state index in [-0.39, 0.29) is 24.1 Å². The predicted molar refractivity (Wildman–Crippen MR) is 132 cm³/mol. The number of benzene rings is 2. The Morgan fingerprint density at radius 2 is 1.65 bits per heavy atom. The minimum atomic E-state index is -0.658. The number of carbonyl (C=O) groups is 2. The Bertz CT molecular complexity index is 914. The number of nitrogens with one attached hydrogen (secondary N) is 1. The van der Waals surface area contributed by atoms with Crippen molar-refractivity contribution in [3.63, 3.8) is 0 Å². The molecule has 0 unspecified atom stereocenters. The first kappa shape index (κ1) is 25.9. The van der Waals surface area contributed by atoms with Gasteiger partial charge in [0.25, 0.3) is 0 Å². The van der Waals surface area contributed by atoms with Crippen molar-refractivity contribution in [1.29, 1.82) is 0 Å². The van der Waals surface area contributed by atoms with Crippen LogP contribution < -0.4 is 5.32 Å². The molecule has 0 aliphatic carbocycles. The van der Waals surface area contributed by atoms with Gasteiger partial charge in [0.2, 0.25) is 11.8 Å². The average Bonchev–Trinajstić information content (AvgIpc) is 2.67. The zero-order chi connectivity index (χ0) is 23.2. The number of amides is 2. The molecule has 2 rings (SSSR count). The van der Waals surface area contributed by atoms with Crippen molar-refractivity contribution in [3.8, 4) is 0 Å². The zero-order valence-corrected chi connectivity index (χ0v) is 21.1. The van der Waals surface area contributed by atoms with E-state index in [4.69, 9.17) is 34.8 Å². The molecule has 0 saturated carbocycles. The lowest BCUT2D eigenvalue weighted by molar-refractivity contribution is -0.139. The Kier molecular flexibility index (Phi) is 9.56. The summed E-state index contributed by atoms with van der Waals surface area (Å²) in [5, 5.41) is 4.60. The normalized spacial score (nSPS) is 12.4. The second-order valence-electron chi connectivity index (χ2n) is 8.29. The van der Waals surface area contributed by atoms with Crippen molar-refractivity contribution in [2.24, 2.45) is 0 Å². The Balaban J connectivity index is 2.13. The molecule has 168 valence electrons. The van der Waals surface area contributed by atoms with Gasteiger partial charge in [-0.05, 0) is 63.1 Å². The molecule has 0 aliphatic rings. The third-order valence-corrected chi connectivity index (χ3v) is 6.26. The van der Waals surface area contributed by atoms with Gasteiger partial charge in [-0.25, -0.2) is 0 Å². The predicted octanol–water partition coefficient (Wildman–Crippen LogP) is 6.21. The first-order valence-electron chi connectivity index (χ1n) is 9.84. The Morgan fingerprint density at radius 1 is 1.03 bits per heavy atom. The van der Waals surface area contributed by atoms with Crippen molar-refractivity contribution in [2.45, 2.75) is 51.6 Å². The van der Waals surface area contributed by atoms with Crippen LogP contribution in [0.1, 0.15) is 38.8 Å². The summed E-state index contributed by atoms with van der Waals surface area (Å²) in [6.07, 6.45) is 0. The molecule has 31 heavy (non-hydrogen) atoms. The van der Waals surface area contributed by atoms with Gasteiger partial charge in [-0.2, -0.15) is 0 Å². The van der Waals surface area contributed by atoms with Crippen LogP contribution in [0, 0.1) is 0 Å². The van der Waals surface area contributed by atoms with E-state index >= 15 is 0 Å². The second-order valence-corrected chi connectivity index (χ2v) is 10.6. The topological polar surface area (TPSA) is 49.4 Å². The zero-order valence-electron chi connectivity index (χ0n) is 18.0. The minimum Gasteiger partial charge on any atom is -0.350 e. The van der Waals surface area contributed by atoms with E-state index < -0.39 is 11.6 Å². The summed E-state index contributed by atoms with van der Waals surface area (Å²) in [6, 6.07) is 12.0. The monoisotopic (exact) mass is 500 g/mol. The van der Waals surface area contributed by atoms with Crippen LogP contribution in [-0.4, -0.2) is 34.0 Å². The van der Waals surface area contributed by atoms with Crippen molar-refractivity contribution in [3.05, 3.63) is 68.7 Å². The third kappa shape index (κ3) is 8.57. The maximum atomic E-state index is 13.1. The van der Waals surface area contributed by atoms with Crippen molar-refractivity contribution >= 4 is 58.4 Å². The molecular weight excluding hydrogens is 475 g/mol. The van der Waals surface area contributed by atoms with E-state index in [0.29, 0.717) is 20.8 Å². The van der Waals surface area contributed by atoms with Crippen LogP contribution in [0.2, 0.25) is 15.1 Å². The number of carbonyl (C=O) groups excluding carboxylic acids is 2. The summed E-state index contributed by atoms with van der Waals surface area (Å²) in [6.45, 7) is 7.66. The maximum absolute atomic E-state index is 13.1.